The summed E-state index contributed by atoms with van der Waals surface area (Å²) in [4.78, 5) is 18.8. The predicted molar refractivity (Wildman–Crippen MR) is 115 cm³/mol. The molecule has 0 bridgehead atoms. The second kappa shape index (κ2) is 8.39. The SMILES string of the molecule is O=C(c1cc2c(cn1)c(-c1coc3ccc(F)cc13)nn2CC(F)(F)F)N1CCCC(O)CC1. The second-order valence-electron chi connectivity index (χ2n) is 8.37. The maximum absolute atomic E-state index is 13.8. The van der Waals surface area contributed by atoms with Gasteiger partial charge in [0.1, 0.15) is 35.6 Å². The lowest BCUT2D eigenvalue weighted by molar-refractivity contribution is -0.141. The first-order valence-electron chi connectivity index (χ1n) is 10.8. The largest absolute Gasteiger partial charge is 0.464 e. The van der Waals surface area contributed by atoms with Crippen LogP contribution in [0.2, 0.25) is 0 Å². The summed E-state index contributed by atoms with van der Waals surface area (Å²) in [6.07, 6.45) is -0.803. The highest BCUT2D eigenvalue weighted by molar-refractivity contribution is 6.03. The first-order chi connectivity index (χ1) is 16.2. The first kappa shape index (κ1) is 22.3. The molecule has 1 unspecified atom stereocenters. The summed E-state index contributed by atoms with van der Waals surface area (Å²) in [6, 6.07) is 5.17. The van der Waals surface area contributed by atoms with E-state index in [-0.39, 0.29) is 22.3 Å². The summed E-state index contributed by atoms with van der Waals surface area (Å²) in [5, 5.41) is 14.6. The van der Waals surface area contributed by atoms with Gasteiger partial charge >= 0.3 is 6.18 Å². The number of carbonyl (C=O) groups is 1. The Kier molecular flexibility index (Phi) is 5.51. The number of furan rings is 1. The van der Waals surface area contributed by atoms with E-state index in [0.717, 1.165) is 4.68 Å². The van der Waals surface area contributed by atoms with Crippen LogP contribution >= 0.6 is 0 Å². The Hall–Kier alpha value is -3.47. The molecule has 7 nitrogen and oxygen atoms in total. The average Bonchev–Trinajstić information content (AvgIpc) is 3.26. The van der Waals surface area contributed by atoms with Gasteiger partial charge in [0.2, 0.25) is 0 Å². The van der Waals surface area contributed by atoms with E-state index in [4.69, 9.17) is 4.42 Å². The lowest BCUT2D eigenvalue weighted by Gasteiger charge is -2.19. The normalized spacial score (nSPS) is 17.4. The maximum Gasteiger partial charge on any atom is 0.408 e. The van der Waals surface area contributed by atoms with Crippen LogP contribution in [-0.2, 0) is 6.54 Å². The molecule has 1 N–H and O–H groups in total. The zero-order valence-electron chi connectivity index (χ0n) is 17.8. The molecule has 1 amide bonds. The number of rotatable bonds is 3. The highest BCUT2D eigenvalue weighted by atomic mass is 19.4. The number of carbonyl (C=O) groups excluding carboxylic acids is 1. The number of benzene rings is 1. The fraction of sp³-hybridized carbons (Fsp3) is 0.348. The summed E-state index contributed by atoms with van der Waals surface area (Å²) >= 11 is 0. The van der Waals surface area contributed by atoms with E-state index in [1.54, 1.807) is 4.90 Å². The molecule has 11 heteroatoms. The van der Waals surface area contributed by atoms with Crippen molar-refractivity contribution in [2.45, 2.75) is 38.1 Å². The highest BCUT2D eigenvalue weighted by Crippen LogP contribution is 2.36. The Labute approximate surface area is 190 Å². The van der Waals surface area contributed by atoms with Gasteiger partial charge < -0.3 is 14.4 Å². The number of aromatic nitrogens is 3. The van der Waals surface area contributed by atoms with Crippen LogP contribution in [0.25, 0.3) is 33.1 Å². The number of halogens is 4. The number of fused-ring (bicyclic) bond motifs is 2. The molecule has 0 aliphatic carbocycles. The molecule has 4 aromatic rings. The number of nitrogens with zero attached hydrogens (tertiary/aromatic N) is 4. The van der Waals surface area contributed by atoms with Crippen LogP contribution in [0.3, 0.4) is 0 Å². The van der Waals surface area contributed by atoms with Gasteiger partial charge in [-0.15, -0.1) is 0 Å². The molecule has 4 heterocycles. The van der Waals surface area contributed by atoms with E-state index in [0.29, 0.717) is 48.9 Å². The number of hydrogen-bond donors (Lipinski definition) is 1. The van der Waals surface area contributed by atoms with E-state index in [1.165, 1.54) is 36.7 Å². The molecular formula is C23H20F4N4O3. The lowest BCUT2D eigenvalue weighted by atomic mass is 10.1. The third kappa shape index (κ3) is 4.23. The predicted octanol–water partition coefficient (Wildman–Crippen LogP) is 4.53. The number of aliphatic hydroxyl groups excluding tert-OH is 1. The quantitative estimate of drug-likeness (QED) is 0.439. The molecule has 1 saturated heterocycles. The fourth-order valence-electron chi connectivity index (χ4n) is 4.30. The Morgan fingerprint density at radius 1 is 1.18 bits per heavy atom. The molecule has 1 atom stereocenters. The molecule has 1 aromatic carbocycles. The minimum absolute atomic E-state index is 0.0122. The van der Waals surface area contributed by atoms with Crippen LogP contribution in [-0.4, -0.2) is 56.0 Å². The standard InChI is InChI=1S/C23H20F4N4O3/c24-13-3-4-20-15(8-13)17(11-34-20)21-16-10-28-18(9-19(16)31(29-21)12-23(25,26)27)22(33)30-6-1-2-14(32)5-7-30/h3-4,8-11,14,32H,1-2,5-7,12H2. The molecule has 0 spiro atoms. The van der Waals surface area contributed by atoms with Crippen LogP contribution in [0.15, 0.2) is 41.1 Å². The number of aliphatic hydroxyl groups is 1. The van der Waals surface area contributed by atoms with Crippen molar-refractivity contribution < 1.29 is 31.9 Å². The molecular weight excluding hydrogens is 456 g/mol. The third-order valence-corrected chi connectivity index (χ3v) is 5.96. The van der Waals surface area contributed by atoms with Crippen molar-refractivity contribution in [1.29, 1.82) is 0 Å². The van der Waals surface area contributed by atoms with Gasteiger partial charge in [-0.3, -0.25) is 14.5 Å². The Balaban J connectivity index is 1.61. The van der Waals surface area contributed by atoms with Crippen LogP contribution in [0, 0.1) is 5.82 Å². The zero-order valence-corrected chi connectivity index (χ0v) is 17.8. The Bertz CT molecular complexity index is 1380. The van der Waals surface area contributed by atoms with Gasteiger partial charge in [0.15, 0.2) is 0 Å². The molecule has 0 saturated carbocycles. The average molecular weight is 476 g/mol. The monoisotopic (exact) mass is 476 g/mol. The maximum atomic E-state index is 13.8. The van der Waals surface area contributed by atoms with Gasteiger partial charge in [-0.1, -0.05) is 0 Å². The molecule has 5 rings (SSSR count). The van der Waals surface area contributed by atoms with Crippen molar-refractivity contribution in [3.63, 3.8) is 0 Å². The van der Waals surface area contributed by atoms with Crippen molar-refractivity contribution in [3.8, 4) is 11.3 Å². The number of amides is 1. The summed E-state index contributed by atoms with van der Waals surface area (Å²) in [6.45, 7) is -0.615. The van der Waals surface area contributed by atoms with Crippen molar-refractivity contribution in [3.05, 3.63) is 48.2 Å². The number of pyridine rings is 1. The van der Waals surface area contributed by atoms with E-state index in [1.807, 2.05) is 0 Å². The van der Waals surface area contributed by atoms with Crippen molar-refractivity contribution in [2.75, 3.05) is 13.1 Å². The summed E-state index contributed by atoms with van der Waals surface area (Å²) < 4.78 is 60.0. The number of hydrogen-bond acceptors (Lipinski definition) is 5. The molecule has 1 fully saturated rings. The van der Waals surface area contributed by atoms with Crippen LogP contribution in [0.5, 0.6) is 0 Å². The van der Waals surface area contributed by atoms with Gasteiger partial charge in [0.05, 0.1) is 11.6 Å². The third-order valence-electron chi connectivity index (χ3n) is 5.96. The zero-order chi connectivity index (χ0) is 24.0. The van der Waals surface area contributed by atoms with Crippen LogP contribution < -0.4 is 0 Å². The van der Waals surface area contributed by atoms with Gasteiger partial charge in [0, 0.05) is 35.6 Å². The van der Waals surface area contributed by atoms with Gasteiger partial charge in [-0.2, -0.15) is 18.3 Å². The number of alkyl halides is 3. The summed E-state index contributed by atoms with van der Waals surface area (Å²) in [5.74, 6) is -0.948. The number of likely N-dealkylation sites (tertiary alicyclic amines) is 1. The van der Waals surface area contributed by atoms with E-state index < -0.39 is 30.5 Å². The van der Waals surface area contributed by atoms with Gasteiger partial charge in [-0.05, 0) is 43.5 Å². The van der Waals surface area contributed by atoms with Crippen molar-refractivity contribution >= 4 is 27.8 Å². The molecule has 178 valence electrons. The second-order valence-corrected chi connectivity index (χ2v) is 8.37. The van der Waals surface area contributed by atoms with E-state index in [2.05, 4.69) is 10.1 Å². The first-order valence-corrected chi connectivity index (χ1v) is 10.8. The van der Waals surface area contributed by atoms with Gasteiger partial charge in [-0.25, -0.2) is 4.39 Å². The van der Waals surface area contributed by atoms with Crippen LogP contribution in [0.4, 0.5) is 17.6 Å². The Morgan fingerprint density at radius 2 is 2.00 bits per heavy atom. The minimum Gasteiger partial charge on any atom is -0.464 e. The van der Waals surface area contributed by atoms with Crippen molar-refractivity contribution in [1.82, 2.24) is 19.7 Å². The molecule has 3 aromatic heterocycles. The van der Waals surface area contributed by atoms with Crippen LogP contribution in [0.1, 0.15) is 29.8 Å². The van der Waals surface area contributed by atoms with Gasteiger partial charge in [0.25, 0.3) is 5.91 Å². The molecule has 1 aliphatic heterocycles. The molecule has 0 radical (unpaired) electrons. The minimum atomic E-state index is -4.56. The van der Waals surface area contributed by atoms with Crippen molar-refractivity contribution in [2.24, 2.45) is 0 Å². The molecule has 34 heavy (non-hydrogen) atoms. The topological polar surface area (TPSA) is 84.4 Å². The van der Waals surface area contributed by atoms with E-state index >= 15 is 0 Å². The molecule has 1 aliphatic rings. The smallest absolute Gasteiger partial charge is 0.408 e. The fourth-order valence-corrected chi connectivity index (χ4v) is 4.30. The van der Waals surface area contributed by atoms with E-state index in [9.17, 15) is 27.5 Å². The highest BCUT2D eigenvalue weighted by Gasteiger charge is 2.31. The summed E-state index contributed by atoms with van der Waals surface area (Å²) in [7, 11) is 0. The Morgan fingerprint density at radius 3 is 2.79 bits per heavy atom. The summed E-state index contributed by atoms with van der Waals surface area (Å²) in [5.41, 5.74) is 0.891. The lowest BCUT2D eigenvalue weighted by Crippen LogP contribution is -2.32.